The maximum Gasteiger partial charge on any atom is 0.118 e. The van der Waals surface area contributed by atoms with Gasteiger partial charge in [0.15, 0.2) is 0 Å². The Labute approximate surface area is 122 Å². The number of hydrogen-bond acceptors (Lipinski definition) is 4. The van der Waals surface area contributed by atoms with Crippen LogP contribution in [0.5, 0.6) is 0 Å². The molecule has 4 heteroatoms. The van der Waals surface area contributed by atoms with E-state index in [9.17, 15) is 0 Å². The van der Waals surface area contributed by atoms with Crippen molar-refractivity contribution in [1.82, 2.24) is 10.2 Å². The lowest BCUT2D eigenvalue weighted by molar-refractivity contribution is -0.131. The van der Waals surface area contributed by atoms with Crippen molar-refractivity contribution < 1.29 is 9.15 Å². The highest BCUT2D eigenvalue weighted by molar-refractivity contribution is 5.07. The van der Waals surface area contributed by atoms with Gasteiger partial charge in [0.25, 0.3) is 0 Å². The third kappa shape index (κ3) is 4.62. The zero-order valence-electron chi connectivity index (χ0n) is 13.2. The summed E-state index contributed by atoms with van der Waals surface area (Å²) in [5.41, 5.74) is -0.0736. The lowest BCUT2D eigenvalue weighted by Crippen LogP contribution is -2.51. The van der Waals surface area contributed by atoms with E-state index in [1.807, 2.05) is 0 Å². The predicted octanol–water partition coefficient (Wildman–Crippen LogP) is 2.78. The summed E-state index contributed by atoms with van der Waals surface area (Å²) in [7, 11) is 0. The first-order valence-corrected chi connectivity index (χ1v) is 7.67. The first kappa shape index (κ1) is 15.5. The van der Waals surface area contributed by atoms with E-state index in [-0.39, 0.29) is 11.7 Å². The molecule has 0 saturated carbocycles. The average molecular weight is 280 g/mol. The molecular weight excluding hydrogens is 252 g/mol. The van der Waals surface area contributed by atoms with Crippen LogP contribution in [0.4, 0.5) is 0 Å². The second-order valence-electron chi connectivity index (χ2n) is 6.40. The standard InChI is InChI=1S/C16H28N2O2/c1-5-8-17-9-14-6-7-15(19-14)11-18-10-13(2)20-16(3,4)12-18/h6-7,13,17H,5,8-12H2,1-4H3. The first-order valence-electron chi connectivity index (χ1n) is 7.67. The van der Waals surface area contributed by atoms with Gasteiger partial charge in [0, 0.05) is 13.1 Å². The minimum absolute atomic E-state index is 0.0736. The summed E-state index contributed by atoms with van der Waals surface area (Å²) in [4.78, 5) is 2.41. The van der Waals surface area contributed by atoms with Crippen molar-refractivity contribution in [2.45, 2.75) is 58.9 Å². The van der Waals surface area contributed by atoms with Gasteiger partial charge in [-0.3, -0.25) is 4.90 Å². The van der Waals surface area contributed by atoms with Crippen LogP contribution in [0.25, 0.3) is 0 Å². The third-order valence-corrected chi connectivity index (χ3v) is 3.46. The minimum atomic E-state index is -0.0736. The van der Waals surface area contributed by atoms with E-state index in [2.05, 4.69) is 50.0 Å². The highest BCUT2D eigenvalue weighted by atomic mass is 16.5. The highest BCUT2D eigenvalue weighted by Gasteiger charge is 2.31. The van der Waals surface area contributed by atoms with Gasteiger partial charge in [-0.1, -0.05) is 6.92 Å². The van der Waals surface area contributed by atoms with Gasteiger partial charge in [0.1, 0.15) is 11.5 Å². The lowest BCUT2D eigenvalue weighted by Gasteiger charge is -2.41. The summed E-state index contributed by atoms with van der Waals surface area (Å²) in [6.07, 6.45) is 1.42. The first-order chi connectivity index (χ1) is 9.48. The maximum absolute atomic E-state index is 5.93. The van der Waals surface area contributed by atoms with E-state index in [0.29, 0.717) is 0 Å². The molecule has 0 aromatic carbocycles. The smallest absolute Gasteiger partial charge is 0.118 e. The third-order valence-electron chi connectivity index (χ3n) is 3.46. The molecule has 2 heterocycles. The summed E-state index contributed by atoms with van der Waals surface area (Å²) in [6.45, 7) is 13.2. The van der Waals surface area contributed by atoms with Crippen LogP contribution >= 0.6 is 0 Å². The molecule has 1 N–H and O–H groups in total. The molecule has 0 bridgehead atoms. The summed E-state index contributed by atoms with van der Waals surface area (Å²) >= 11 is 0. The maximum atomic E-state index is 5.93. The van der Waals surface area contributed by atoms with E-state index in [0.717, 1.165) is 50.7 Å². The van der Waals surface area contributed by atoms with Gasteiger partial charge in [-0.2, -0.15) is 0 Å². The fourth-order valence-corrected chi connectivity index (χ4v) is 2.92. The Balaban J connectivity index is 1.86. The van der Waals surface area contributed by atoms with Crippen molar-refractivity contribution in [3.63, 3.8) is 0 Å². The largest absolute Gasteiger partial charge is 0.463 e. The Morgan fingerprint density at radius 3 is 2.80 bits per heavy atom. The highest BCUT2D eigenvalue weighted by Crippen LogP contribution is 2.22. The fourth-order valence-electron chi connectivity index (χ4n) is 2.92. The van der Waals surface area contributed by atoms with E-state index >= 15 is 0 Å². The summed E-state index contributed by atoms with van der Waals surface area (Å²) in [5, 5.41) is 3.36. The molecule has 1 aliphatic heterocycles. The summed E-state index contributed by atoms with van der Waals surface area (Å²) in [6, 6.07) is 4.17. The van der Waals surface area contributed by atoms with Gasteiger partial charge in [-0.15, -0.1) is 0 Å². The monoisotopic (exact) mass is 280 g/mol. The van der Waals surface area contributed by atoms with E-state index < -0.39 is 0 Å². The zero-order valence-corrected chi connectivity index (χ0v) is 13.2. The number of furan rings is 1. The number of nitrogens with one attached hydrogen (secondary N) is 1. The van der Waals surface area contributed by atoms with Crippen LogP contribution in [0, 0.1) is 0 Å². The minimum Gasteiger partial charge on any atom is -0.463 e. The van der Waals surface area contributed by atoms with E-state index in [1.54, 1.807) is 0 Å². The average Bonchev–Trinajstić information content (AvgIpc) is 2.74. The van der Waals surface area contributed by atoms with Crippen LogP contribution < -0.4 is 5.32 Å². The Morgan fingerprint density at radius 2 is 2.10 bits per heavy atom. The van der Waals surface area contributed by atoms with Gasteiger partial charge < -0.3 is 14.5 Å². The molecule has 0 aliphatic carbocycles. The number of nitrogens with zero attached hydrogens (tertiary/aromatic N) is 1. The van der Waals surface area contributed by atoms with E-state index in [4.69, 9.17) is 9.15 Å². The quantitative estimate of drug-likeness (QED) is 0.813. The predicted molar refractivity (Wildman–Crippen MR) is 80.6 cm³/mol. The van der Waals surface area contributed by atoms with Crippen molar-refractivity contribution in [2.24, 2.45) is 0 Å². The van der Waals surface area contributed by atoms with Crippen LogP contribution in [0.2, 0.25) is 0 Å². The molecule has 0 radical (unpaired) electrons. The molecule has 20 heavy (non-hydrogen) atoms. The summed E-state index contributed by atoms with van der Waals surface area (Å²) in [5.74, 6) is 2.07. The van der Waals surface area contributed by atoms with Crippen LogP contribution in [0.1, 0.15) is 45.6 Å². The van der Waals surface area contributed by atoms with Crippen molar-refractivity contribution in [3.05, 3.63) is 23.7 Å². The number of hydrogen-bond donors (Lipinski definition) is 1. The topological polar surface area (TPSA) is 37.6 Å². The van der Waals surface area contributed by atoms with Crippen molar-refractivity contribution in [1.29, 1.82) is 0 Å². The van der Waals surface area contributed by atoms with Gasteiger partial charge in [0.05, 0.1) is 24.8 Å². The normalized spacial score (nSPS) is 23.1. The molecule has 2 rings (SSSR count). The van der Waals surface area contributed by atoms with Crippen LogP contribution in [-0.2, 0) is 17.8 Å². The second kappa shape index (κ2) is 6.74. The van der Waals surface area contributed by atoms with Gasteiger partial charge in [-0.25, -0.2) is 0 Å². The van der Waals surface area contributed by atoms with Crippen molar-refractivity contribution >= 4 is 0 Å². The van der Waals surface area contributed by atoms with Gasteiger partial charge in [-0.05, 0) is 45.9 Å². The van der Waals surface area contributed by atoms with Crippen molar-refractivity contribution in [2.75, 3.05) is 19.6 Å². The molecule has 1 saturated heterocycles. The lowest BCUT2D eigenvalue weighted by atomic mass is 10.1. The summed E-state index contributed by atoms with van der Waals surface area (Å²) < 4.78 is 11.8. The number of morpholine rings is 1. The molecular formula is C16H28N2O2. The van der Waals surface area contributed by atoms with Gasteiger partial charge >= 0.3 is 0 Å². The Morgan fingerprint density at radius 1 is 1.35 bits per heavy atom. The number of rotatable bonds is 6. The number of ether oxygens (including phenoxy) is 1. The fraction of sp³-hybridized carbons (Fsp3) is 0.750. The SMILES string of the molecule is CCCNCc1ccc(CN2CC(C)OC(C)(C)C2)o1. The zero-order chi connectivity index (χ0) is 14.6. The van der Waals surface area contributed by atoms with Gasteiger partial charge in [0.2, 0.25) is 0 Å². The van der Waals surface area contributed by atoms with Crippen molar-refractivity contribution in [3.8, 4) is 0 Å². The Bertz CT molecular complexity index is 414. The van der Waals surface area contributed by atoms with E-state index in [1.165, 1.54) is 0 Å². The van der Waals surface area contributed by atoms with Crippen LogP contribution in [-0.4, -0.2) is 36.2 Å². The van der Waals surface area contributed by atoms with Crippen LogP contribution in [0.15, 0.2) is 16.5 Å². The molecule has 1 fully saturated rings. The molecule has 0 spiro atoms. The molecule has 1 atom stereocenters. The molecule has 1 aromatic heterocycles. The second-order valence-corrected chi connectivity index (χ2v) is 6.40. The molecule has 1 aliphatic rings. The molecule has 4 nitrogen and oxygen atoms in total. The molecule has 1 aromatic rings. The molecule has 114 valence electrons. The molecule has 1 unspecified atom stereocenters. The Hall–Kier alpha value is -0.840. The van der Waals surface area contributed by atoms with Crippen LogP contribution in [0.3, 0.4) is 0 Å². The molecule has 0 amide bonds. The Kier molecular flexibility index (Phi) is 5.24.